The molecule has 0 aliphatic carbocycles. The highest BCUT2D eigenvalue weighted by Crippen LogP contribution is 2.29. The van der Waals surface area contributed by atoms with E-state index in [1.165, 1.54) is 0 Å². The number of benzene rings is 2. The third-order valence-corrected chi connectivity index (χ3v) is 10.8. The molecular formula is C45H64N14O7S2. The van der Waals surface area contributed by atoms with Gasteiger partial charge in [-0.05, 0) is 71.0 Å². The van der Waals surface area contributed by atoms with Crippen LogP contribution in [0.5, 0.6) is 0 Å². The summed E-state index contributed by atoms with van der Waals surface area (Å²) in [4.78, 5) is 26.8. The van der Waals surface area contributed by atoms with E-state index in [0.717, 1.165) is 11.0 Å². The van der Waals surface area contributed by atoms with Crippen LogP contribution in [0.4, 0.5) is 40.6 Å². The van der Waals surface area contributed by atoms with Gasteiger partial charge in [-0.1, -0.05) is 7.43 Å². The number of anilines is 5. The van der Waals surface area contributed by atoms with Crippen molar-refractivity contribution >= 4 is 71.1 Å². The molecule has 0 bridgehead atoms. The number of imidazole rings is 1. The minimum absolute atomic E-state index is 0. The zero-order valence-corrected chi connectivity index (χ0v) is 41.0. The molecule has 2 aliphatic rings. The first-order valence-corrected chi connectivity index (χ1v) is 26.2. The topological polar surface area (TPSA) is 266 Å². The molecule has 2 fully saturated rings. The van der Waals surface area contributed by atoms with Crippen LogP contribution < -0.4 is 20.9 Å². The van der Waals surface area contributed by atoms with Crippen molar-refractivity contribution in [2.24, 2.45) is 8.73 Å². The lowest BCUT2D eigenvalue weighted by Crippen LogP contribution is -2.44. The highest BCUT2D eigenvalue weighted by molar-refractivity contribution is 7.92. The predicted molar refractivity (Wildman–Crippen MR) is 267 cm³/mol. The molecule has 5 aromatic rings. The fourth-order valence-electron chi connectivity index (χ4n) is 6.61. The fraction of sp³-hybridized carbons (Fsp3) is 0.489. The number of nitrogens with two attached hydrogens (primary N) is 1. The highest BCUT2D eigenvalue weighted by Gasteiger charge is 2.24. The maximum Gasteiger partial charge on any atom is 0.271 e. The lowest BCUT2D eigenvalue weighted by Gasteiger charge is -2.34. The molecule has 3 aromatic heterocycles. The van der Waals surface area contributed by atoms with Gasteiger partial charge in [0.15, 0.2) is 11.6 Å². The summed E-state index contributed by atoms with van der Waals surface area (Å²) in [5, 5.41) is 21.4. The van der Waals surface area contributed by atoms with Crippen molar-refractivity contribution in [1.82, 2.24) is 29.5 Å². The first kappa shape index (κ1) is 54.6. The smallest absolute Gasteiger partial charge is 0.271 e. The summed E-state index contributed by atoms with van der Waals surface area (Å²) in [5.41, 5.74) is 9.42. The second kappa shape index (κ2) is 25.4. The predicted octanol–water partition coefficient (Wildman–Crippen LogP) is 6.55. The first-order valence-electron chi connectivity index (χ1n) is 21.5. The van der Waals surface area contributed by atoms with Gasteiger partial charge in [-0.3, -0.25) is 4.57 Å². The van der Waals surface area contributed by atoms with Gasteiger partial charge in [-0.2, -0.15) is 39.2 Å². The number of nitrogens with zero attached hydrogens (tertiary/aromatic N) is 12. The average Bonchev–Trinajstić information content (AvgIpc) is 3.70. The third-order valence-electron chi connectivity index (χ3n) is 9.57. The molecule has 3 N–H and O–H groups in total. The van der Waals surface area contributed by atoms with Crippen LogP contribution in [0.25, 0.3) is 17.0 Å². The largest absolute Gasteiger partial charge is 0.397 e. The van der Waals surface area contributed by atoms with Crippen LogP contribution in [0.1, 0.15) is 53.2 Å². The Morgan fingerprint density at radius 2 is 1.29 bits per heavy atom. The van der Waals surface area contributed by atoms with E-state index in [0.29, 0.717) is 111 Å². The Morgan fingerprint density at radius 3 is 1.81 bits per heavy atom. The molecule has 2 aliphatic heterocycles. The summed E-state index contributed by atoms with van der Waals surface area (Å²) in [5.74, 6) is 2.63. The normalized spacial score (nSPS) is 16.0. The molecule has 23 heteroatoms. The number of fused-ring (bicyclic) bond motifs is 1. The summed E-state index contributed by atoms with van der Waals surface area (Å²) < 4.78 is 61.0. The summed E-state index contributed by atoms with van der Waals surface area (Å²) >= 11 is 0. The van der Waals surface area contributed by atoms with Gasteiger partial charge in [0.1, 0.15) is 18.0 Å². The van der Waals surface area contributed by atoms with Crippen LogP contribution in [0.2, 0.25) is 0 Å². The van der Waals surface area contributed by atoms with Crippen molar-refractivity contribution in [3.63, 3.8) is 0 Å². The number of hydrogen-bond donors (Lipinski definition) is 2. The van der Waals surface area contributed by atoms with Crippen molar-refractivity contribution < 1.29 is 32.1 Å². The van der Waals surface area contributed by atoms with Gasteiger partial charge in [-0.15, -0.1) is 0 Å². The summed E-state index contributed by atoms with van der Waals surface area (Å²) in [6, 6.07) is 18.1. The Kier molecular flexibility index (Phi) is 20.3. The van der Waals surface area contributed by atoms with Crippen LogP contribution in [0, 0.1) is 22.7 Å². The lowest BCUT2D eigenvalue weighted by molar-refractivity contribution is -0.282. The summed E-state index contributed by atoms with van der Waals surface area (Å²) in [7, 11) is -4.80. The standard InChI is InChI=1S/C19H21N7O2S.C18H23N7O2S.C7H16O3.CH4/c1-13-11-28-7-6-25(13)18-9-17(24-29(2,3)27)22-19(23-18)26-12-21-15-5-4-14(10-20)8-16(15)26;1-12-11-27-7-6-25(12)17-9-16(24-28(2,3)26)22-18(23-17)21-15-8-13(10-19)4-5-14(15)20;1-4-8-7(9-5-2)10-6-3;/h4-5,8-9,12-13H,6-7,11H2,1-3H3;4-5,8-9,12H,6-7,11,20H2,1-3H3,(H,21,22,23);7H,4-6H2,1-3H3;1H4/t13-;12-;;/m11../s1. The van der Waals surface area contributed by atoms with Crippen molar-refractivity contribution in [3.8, 4) is 18.1 Å². The third kappa shape index (κ3) is 16.0. The van der Waals surface area contributed by atoms with Gasteiger partial charge < -0.3 is 44.5 Å². The van der Waals surface area contributed by atoms with E-state index in [4.69, 9.17) is 39.7 Å². The Balaban J connectivity index is 0.000000245. The van der Waals surface area contributed by atoms with E-state index < -0.39 is 25.9 Å². The van der Waals surface area contributed by atoms with Gasteiger partial charge in [0.25, 0.3) is 6.48 Å². The fourth-order valence-corrected chi connectivity index (χ4v) is 7.70. The molecule has 0 radical (unpaired) electrons. The number of nitrogens with one attached hydrogen (secondary N) is 1. The molecule has 7 rings (SSSR count). The Labute approximate surface area is 400 Å². The monoisotopic (exact) mass is 976 g/mol. The molecule has 0 saturated carbocycles. The van der Waals surface area contributed by atoms with E-state index in [1.54, 1.807) is 84.4 Å². The second-order valence-electron chi connectivity index (χ2n) is 15.7. The Hall–Kier alpha value is -6.05. The van der Waals surface area contributed by atoms with Gasteiger partial charge >= 0.3 is 0 Å². The van der Waals surface area contributed by atoms with Crippen LogP contribution >= 0.6 is 0 Å². The number of ether oxygens (including phenoxy) is 5. The zero-order chi connectivity index (χ0) is 48.7. The number of nitrogen functional groups attached to an aromatic ring is 1. The van der Waals surface area contributed by atoms with E-state index in [1.807, 2.05) is 27.7 Å². The van der Waals surface area contributed by atoms with Gasteiger partial charge in [0, 0.05) is 89.5 Å². The molecule has 5 heterocycles. The van der Waals surface area contributed by atoms with Crippen molar-refractivity contribution in [2.45, 2.75) is 60.6 Å². The van der Waals surface area contributed by atoms with Crippen molar-refractivity contribution in [1.29, 1.82) is 10.5 Å². The van der Waals surface area contributed by atoms with E-state index in [9.17, 15) is 13.7 Å². The molecule has 0 unspecified atom stereocenters. The van der Waals surface area contributed by atoms with Gasteiger partial charge in [0.05, 0.1) is 84.2 Å². The number of nitriles is 2. The van der Waals surface area contributed by atoms with Gasteiger partial charge in [-0.25, -0.2) is 13.4 Å². The first-order chi connectivity index (χ1) is 31.9. The molecule has 21 nitrogen and oxygen atoms in total. The minimum atomic E-state index is -2.40. The molecule has 68 heavy (non-hydrogen) atoms. The number of hydrogen-bond acceptors (Lipinski definition) is 20. The molecule has 368 valence electrons. The lowest BCUT2D eigenvalue weighted by atomic mass is 10.2. The van der Waals surface area contributed by atoms with E-state index in [-0.39, 0.29) is 25.5 Å². The van der Waals surface area contributed by atoms with E-state index >= 15 is 0 Å². The van der Waals surface area contributed by atoms with Crippen LogP contribution in [-0.2, 0) is 43.1 Å². The maximum absolute atomic E-state index is 12.3. The second-order valence-corrected chi connectivity index (χ2v) is 20.8. The van der Waals surface area contributed by atoms with Crippen molar-refractivity contribution in [2.75, 3.05) is 105 Å². The molecule has 2 saturated heterocycles. The summed E-state index contributed by atoms with van der Waals surface area (Å²) in [6.45, 7) is 15.0. The number of rotatable bonds is 13. The molecule has 2 aromatic carbocycles. The van der Waals surface area contributed by atoms with Crippen molar-refractivity contribution in [3.05, 3.63) is 66.0 Å². The quantitative estimate of drug-likeness (QED) is 0.0936. The molecular weight excluding hydrogens is 913 g/mol. The maximum atomic E-state index is 12.3. The number of aromatic nitrogens is 6. The number of morpholine rings is 2. The Morgan fingerprint density at radius 1 is 0.779 bits per heavy atom. The van der Waals surface area contributed by atoms with E-state index in [2.05, 4.69) is 62.8 Å². The Bertz CT molecular complexity index is 2780. The SMILES string of the molecule is C.CCOC(OCC)OCC.C[C@@H]1COCCN1c1cc(N=S(C)(C)=O)nc(-n2cnc3ccc(C#N)cc32)n1.C[C@@H]1COCCN1c1cc(N=S(C)(C)=O)nc(Nc2cc(C#N)ccc2N)n1. The van der Waals surface area contributed by atoms with Gasteiger partial charge in [0.2, 0.25) is 11.9 Å². The molecule has 0 spiro atoms. The van der Waals surface area contributed by atoms with Crippen LogP contribution in [-0.4, -0.2) is 141 Å². The molecule has 2 atom stereocenters. The van der Waals surface area contributed by atoms with Crippen LogP contribution in [0.15, 0.2) is 63.6 Å². The average molecular weight is 977 g/mol. The minimum Gasteiger partial charge on any atom is -0.397 e. The summed E-state index contributed by atoms with van der Waals surface area (Å²) in [6.07, 6.45) is 7.85. The highest BCUT2D eigenvalue weighted by atomic mass is 32.2. The molecule has 0 amide bonds. The zero-order valence-electron chi connectivity index (χ0n) is 39.4. The van der Waals surface area contributed by atoms with Crippen LogP contribution in [0.3, 0.4) is 0 Å².